The van der Waals surface area contributed by atoms with Crippen LogP contribution in [0.4, 0.5) is 0 Å². The van der Waals surface area contributed by atoms with E-state index in [1.54, 1.807) is 4.82 Å². The molecule has 3 nitrogen and oxygen atoms in total. The van der Waals surface area contributed by atoms with Crippen LogP contribution in [-0.2, 0) is 6.54 Å². The fourth-order valence-electron chi connectivity index (χ4n) is 2.94. The molecule has 0 spiro atoms. The number of aromatic nitrogens is 3. The molecule has 0 atom stereocenters. The van der Waals surface area contributed by atoms with Gasteiger partial charge in [0.2, 0.25) is 0 Å². The van der Waals surface area contributed by atoms with Crippen molar-refractivity contribution in [2.24, 2.45) is 0 Å². The first-order valence-electron chi connectivity index (χ1n) is 7.93. The lowest BCUT2D eigenvalue weighted by molar-refractivity contribution is 0.649. The van der Waals surface area contributed by atoms with Crippen LogP contribution in [0.5, 0.6) is 0 Å². The summed E-state index contributed by atoms with van der Waals surface area (Å²) in [4.78, 5) is 1.65. The average Bonchev–Trinajstić information content (AvgIpc) is 2.84. The Morgan fingerprint density at radius 2 is 1.61 bits per heavy atom. The first kappa shape index (κ1) is 18.4. The van der Waals surface area contributed by atoms with E-state index in [4.69, 9.17) is 0 Å². The van der Waals surface area contributed by atoms with Crippen molar-refractivity contribution < 1.29 is 0 Å². The van der Waals surface area contributed by atoms with E-state index in [1.165, 1.54) is 5.56 Å². The molecule has 0 amide bonds. The highest BCUT2D eigenvalue weighted by atomic mass is 79.9. The van der Waals surface area contributed by atoms with Gasteiger partial charge in [-0.3, -0.25) is 0 Å². The number of benzene rings is 1. The molecular formula is C17H26BrN3Si2. The predicted molar refractivity (Wildman–Crippen MR) is 108 cm³/mol. The zero-order valence-electron chi connectivity index (χ0n) is 14.9. The monoisotopic (exact) mass is 407 g/mol. The Labute approximate surface area is 150 Å². The van der Waals surface area contributed by atoms with E-state index in [0.29, 0.717) is 0 Å². The molecule has 1 aromatic heterocycles. The fourth-order valence-corrected chi connectivity index (χ4v) is 13.4. The molecule has 0 aliphatic rings. The summed E-state index contributed by atoms with van der Waals surface area (Å²) < 4.78 is 3.01. The summed E-state index contributed by atoms with van der Waals surface area (Å²) in [6, 6.07) is 8.33. The molecule has 2 aromatic rings. The lowest BCUT2D eigenvalue weighted by Crippen LogP contribution is -2.39. The highest BCUT2D eigenvalue weighted by molar-refractivity contribution is 9.10. The van der Waals surface area contributed by atoms with Crippen molar-refractivity contribution in [1.29, 1.82) is 0 Å². The standard InChI is InChI=1S/C17H26BrN3Si2/c1-22(2,3)17(23(4,5)6)11-16-13-21(20-19-16)12-14-7-9-15(18)10-8-14/h7-11,13H,12H2,1-6H3. The Morgan fingerprint density at radius 3 is 2.13 bits per heavy atom. The fraction of sp³-hybridized carbons (Fsp3) is 0.412. The van der Waals surface area contributed by atoms with Crippen molar-refractivity contribution in [2.75, 3.05) is 0 Å². The molecule has 0 bridgehead atoms. The van der Waals surface area contributed by atoms with Crippen molar-refractivity contribution in [3.05, 3.63) is 51.0 Å². The normalized spacial score (nSPS) is 12.3. The number of rotatable bonds is 5. The molecule has 6 heteroatoms. The summed E-state index contributed by atoms with van der Waals surface area (Å²) in [6.07, 6.45) is 4.37. The third kappa shape index (κ3) is 5.26. The van der Waals surface area contributed by atoms with Crippen LogP contribution in [0.1, 0.15) is 11.3 Å². The van der Waals surface area contributed by atoms with Gasteiger partial charge < -0.3 is 0 Å². The molecule has 0 aliphatic carbocycles. The SMILES string of the molecule is C[Si](C)(C)C(=Cc1cn(Cc2ccc(Br)cc2)nn1)[Si](C)(C)C. The number of hydrogen-bond donors (Lipinski definition) is 0. The van der Waals surface area contributed by atoms with E-state index in [-0.39, 0.29) is 0 Å². The molecule has 0 aliphatic heterocycles. The van der Waals surface area contributed by atoms with Gasteiger partial charge in [-0.15, -0.1) is 5.10 Å². The van der Waals surface area contributed by atoms with E-state index in [1.807, 2.05) is 4.68 Å². The van der Waals surface area contributed by atoms with Crippen LogP contribution < -0.4 is 0 Å². The van der Waals surface area contributed by atoms with Crippen molar-refractivity contribution in [3.8, 4) is 0 Å². The number of halogens is 1. The van der Waals surface area contributed by atoms with Gasteiger partial charge in [0, 0.05) is 4.47 Å². The van der Waals surface area contributed by atoms with Gasteiger partial charge in [0.05, 0.1) is 28.9 Å². The van der Waals surface area contributed by atoms with Gasteiger partial charge in [0.25, 0.3) is 0 Å². The summed E-state index contributed by atoms with van der Waals surface area (Å²) >= 11 is 3.46. The predicted octanol–water partition coefficient (Wildman–Crippen LogP) is 5.23. The first-order valence-corrected chi connectivity index (χ1v) is 15.7. The van der Waals surface area contributed by atoms with Crippen LogP contribution in [0.25, 0.3) is 6.08 Å². The summed E-state index contributed by atoms with van der Waals surface area (Å²) in [7, 11) is -2.67. The minimum atomic E-state index is -1.34. The molecule has 0 N–H and O–H groups in total. The zero-order chi connectivity index (χ0) is 17.3. The molecule has 2 rings (SSSR count). The summed E-state index contributed by atoms with van der Waals surface area (Å²) in [6.45, 7) is 15.3. The van der Waals surface area contributed by atoms with E-state index in [9.17, 15) is 0 Å². The van der Waals surface area contributed by atoms with Crippen molar-refractivity contribution in [1.82, 2.24) is 15.0 Å². The van der Waals surface area contributed by atoms with E-state index in [0.717, 1.165) is 16.7 Å². The minimum Gasteiger partial charge on any atom is -0.248 e. The molecule has 0 unspecified atom stereocenters. The van der Waals surface area contributed by atoms with E-state index >= 15 is 0 Å². The van der Waals surface area contributed by atoms with E-state index < -0.39 is 16.1 Å². The van der Waals surface area contributed by atoms with Gasteiger partial charge in [-0.25, -0.2) is 4.68 Å². The first-order chi connectivity index (χ1) is 10.6. The van der Waals surface area contributed by atoms with Gasteiger partial charge in [-0.1, -0.05) is 77.4 Å². The van der Waals surface area contributed by atoms with E-state index in [2.05, 4.69) is 102 Å². The maximum atomic E-state index is 4.37. The summed E-state index contributed by atoms with van der Waals surface area (Å²) in [5.41, 5.74) is 2.21. The Balaban J connectivity index is 2.24. The van der Waals surface area contributed by atoms with Gasteiger partial charge in [-0.2, -0.15) is 0 Å². The van der Waals surface area contributed by atoms with Crippen LogP contribution in [-0.4, -0.2) is 31.1 Å². The maximum absolute atomic E-state index is 4.37. The number of hydrogen-bond acceptors (Lipinski definition) is 2. The van der Waals surface area contributed by atoms with Gasteiger partial charge in [-0.05, 0) is 23.8 Å². The number of nitrogens with zero attached hydrogens (tertiary/aromatic N) is 3. The maximum Gasteiger partial charge on any atom is 0.105 e. The third-order valence-corrected chi connectivity index (χ3v) is 12.3. The Morgan fingerprint density at radius 1 is 1.04 bits per heavy atom. The third-order valence-electron chi connectivity index (χ3n) is 3.72. The molecule has 0 fully saturated rings. The zero-order valence-corrected chi connectivity index (χ0v) is 18.5. The van der Waals surface area contributed by atoms with Crippen molar-refractivity contribution >= 4 is 38.2 Å². The van der Waals surface area contributed by atoms with Crippen molar-refractivity contribution in [2.45, 2.75) is 45.8 Å². The highest BCUT2D eigenvalue weighted by Gasteiger charge is 2.30. The lowest BCUT2D eigenvalue weighted by Gasteiger charge is -2.31. The van der Waals surface area contributed by atoms with Crippen LogP contribution in [0.2, 0.25) is 39.3 Å². The molecule has 23 heavy (non-hydrogen) atoms. The van der Waals surface area contributed by atoms with Crippen LogP contribution in [0.15, 0.2) is 39.8 Å². The molecule has 0 saturated carbocycles. The van der Waals surface area contributed by atoms with Crippen LogP contribution in [0.3, 0.4) is 0 Å². The molecule has 0 saturated heterocycles. The van der Waals surface area contributed by atoms with Crippen molar-refractivity contribution in [3.63, 3.8) is 0 Å². The molecular weight excluding hydrogens is 382 g/mol. The highest BCUT2D eigenvalue weighted by Crippen LogP contribution is 2.27. The lowest BCUT2D eigenvalue weighted by atomic mass is 10.2. The summed E-state index contributed by atoms with van der Waals surface area (Å²) in [5.74, 6) is 0. The van der Waals surface area contributed by atoms with Gasteiger partial charge in [0.1, 0.15) is 5.69 Å². The average molecular weight is 408 g/mol. The second-order valence-electron chi connectivity index (χ2n) is 8.03. The molecule has 0 radical (unpaired) electrons. The molecule has 1 heterocycles. The molecule has 1 aromatic carbocycles. The minimum absolute atomic E-state index is 0.753. The Bertz CT molecular complexity index is 676. The van der Waals surface area contributed by atoms with Crippen LogP contribution >= 0.6 is 15.9 Å². The largest absolute Gasteiger partial charge is 0.248 e. The topological polar surface area (TPSA) is 30.7 Å². The van der Waals surface area contributed by atoms with Gasteiger partial charge >= 0.3 is 0 Å². The van der Waals surface area contributed by atoms with Gasteiger partial charge in [0.15, 0.2) is 0 Å². The molecule has 124 valence electrons. The smallest absolute Gasteiger partial charge is 0.105 e. The second-order valence-corrected chi connectivity index (χ2v) is 19.5. The quantitative estimate of drug-likeness (QED) is 0.635. The van der Waals surface area contributed by atoms with Crippen LogP contribution in [0, 0.1) is 0 Å². The second kappa shape index (κ2) is 6.87. The Kier molecular flexibility index (Phi) is 5.48. The summed E-state index contributed by atoms with van der Waals surface area (Å²) in [5, 5.41) is 8.66. The Hall–Kier alpha value is -0.986.